The van der Waals surface area contributed by atoms with Crippen LogP contribution in [0.2, 0.25) is 0 Å². The van der Waals surface area contributed by atoms with Crippen molar-refractivity contribution >= 4 is 28.4 Å². The fourth-order valence-electron chi connectivity index (χ4n) is 1.14. The summed E-state index contributed by atoms with van der Waals surface area (Å²) in [4.78, 5) is 2.11. The smallest absolute Gasteiger partial charge is 0.0621 e. The predicted octanol–water partition coefficient (Wildman–Crippen LogP) is 3.51. The zero-order valence-corrected chi connectivity index (χ0v) is 8.57. The zero-order chi connectivity index (χ0) is 9.10. The maximum Gasteiger partial charge on any atom is 0.0621 e. The summed E-state index contributed by atoms with van der Waals surface area (Å²) in [7, 11) is 0. The molecule has 2 rings (SSSR count). The van der Waals surface area contributed by atoms with Gasteiger partial charge < -0.3 is 0 Å². The van der Waals surface area contributed by atoms with Crippen molar-refractivity contribution in [3.05, 3.63) is 58.3 Å². The number of hydrogen-bond acceptors (Lipinski definition) is 2. The molecule has 0 fully saturated rings. The van der Waals surface area contributed by atoms with Gasteiger partial charge in [-0.1, -0.05) is 48.6 Å². The summed E-state index contributed by atoms with van der Waals surface area (Å²) < 4.78 is 0. The normalized spacial score (nSPS) is 9.85. The minimum atomic E-state index is 0.940. The van der Waals surface area contributed by atoms with Crippen molar-refractivity contribution in [2.75, 3.05) is 0 Å². The lowest BCUT2D eigenvalue weighted by Gasteiger charge is -1.99. The number of benzene rings is 1. The fraction of sp³-hybridized carbons (Fsp3) is 0. The summed E-state index contributed by atoms with van der Waals surface area (Å²) in [5.41, 5.74) is 1.12. The fourth-order valence-corrected chi connectivity index (χ4v) is 2.17. The van der Waals surface area contributed by atoms with E-state index in [0.29, 0.717) is 0 Å². The highest BCUT2D eigenvalue weighted by Crippen LogP contribution is 2.15. The predicted molar refractivity (Wildman–Crippen MR) is 61.6 cm³/mol. The first-order valence-corrected chi connectivity index (χ1v) is 5.30. The molecule has 0 bridgehead atoms. The largest absolute Gasteiger partial charge is 0.143 e. The lowest BCUT2D eigenvalue weighted by Crippen LogP contribution is -1.95. The summed E-state index contributed by atoms with van der Waals surface area (Å²) in [6.45, 7) is 0. The monoisotopic (exact) mass is 204 g/mol. The van der Waals surface area contributed by atoms with Crippen LogP contribution in [0.15, 0.2) is 47.8 Å². The van der Waals surface area contributed by atoms with Gasteiger partial charge in [0.1, 0.15) is 0 Å². The topological polar surface area (TPSA) is 0 Å². The van der Waals surface area contributed by atoms with E-state index in [0.717, 1.165) is 10.4 Å². The van der Waals surface area contributed by atoms with Gasteiger partial charge in [0.15, 0.2) is 0 Å². The van der Waals surface area contributed by atoms with Crippen LogP contribution in [0.4, 0.5) is 0 Å². The second-order valence-corrected chi connectivity index (χ2v) is 4.03. The Labute approximate surface area is 86.9 Å². The molecule has 2 heteroatoms. The Bertz CT molecular complexity index is 387. The molecule has 0 aliphatic carbocycles. The molecule has 0 N–H and O–H groups in total. The van der Waals surface area contributed by atoms with Crippen molar-refractivity contribution in [1.82, 2.24) is 0 Å². The van der Waals surface area contributed by atoms with Gasteiger partial charge in [0.2, 0.25) is 0 Å². The van der Waals surface area contributed by atoms with Crippen LogP contribution < -0.4 is 0 Å². The van der Waals surface area contributed by atoms with E-state index in [2.05, 4.69) is 6.07 Å². The highest BCUT2D eigenvalue weighted by atomic mass is 32.1. The molecule has 0 atom stereocenters. The molecule has 0 nitrogen and oxygen atoms in total. The second kappa shape index (κ2) is 3.81. The van der Waals surface area contributed by atoms with Crippen LogP contribution in [0.3, 0.4) is 0 Å². The van der Waals surface area contributed by atoms with Gasteiger partial charge in [-0.3, -0.25) is 0 Å². The van der Waals surface area contributed by atoms with Crippen molar-refractivity contribution in [1.29, 1.82) is 0 Å². The Morgan fingerprint density at radius 2 is 1.77 bits per heavy atom. The van der Waals surface area contributed by atoms with Crippen LogP contribution in [0.1, 0.15) is 10.4 Å². The summed E-state index contributed by atoms with van der Waals surface area (Å²) in [5, 5.41) is 2.05. The van der Waals surface area contributed by atoms with Gasteiger partial charge in [0.05, 0.1) is 4.86 Å². The Hall–Kier alpha value is -0.990. The standard InChI is InChI=1S/C11H8S2/c12-11(10-7-4-8-13-10)9-5-2-1-3-6-9/h1-8H. The van der Waals surface area contributed by atoms with E-state index < -0.39 is 0 Å². The van der Waals surface area contributed by atoms with Gasteiger partial charge in [0, 0.05) is 4.88 Å². The van der Waals surface area contributed by atoms with Gasteiger partial charge in [-0.05, 0) is 17.0 Å². The van der Waals surface area contributed by atoms with Crippen molar-refractivity contribution < 1.29 is 0 Å². The molecule has 1 aromatic heterocycles. The highest BCUT2D eigenvalue weighted by Gasteiger charge is 2.03. The molecule has 0 saturated heterocycles. The van der Waals surface area contributed by atoms with Crippen molar-refractivity contribution in [2.45, 2.75) is 0 Å². The maximum atomic E-state index is 5.35. The van der Waals surface area contributed by atoms with Gasteiger partial charge in [-0.15, -0.1) is 11.3 Å². The molecule has 64 valence electrons. The van der Waals surface area contributed by atoms with Crippen molar-refractivity contribution in [2.24, 2.45) is 0 Å². The summed E-state index contributed by atoms with van der Waals surface area (Å²) in [6, 6.07) is 14.2. The van der Waals surface area contributed by atoms with Gasteiger partial charge in [0.25, 0.3) is 0 Å². The van der Waals surface area contributed by atoms with Crippen LogP contribution in [0.5, 0.6) is 0 Å². The molecule has 0 amide bonds. The molecule has 1 aromatic carbocycles. The number of thiocarbonyl (C=S) groups is 1. The molecule has 0 saturated carbocycles. The first-order valence-electron chi connectivity index (χ1n) is 4.01. The Balaban J connectivity index is 2.34. The summed E-state index contributed by atoms with van der Waals surface area (Å²) in [5.74, 6) is 0. The van der Waals surface area contributed by atoms with Gasteiger partial charge >= 0.3 is 0 Å². The molecule has 0 spiro atoms. The van der Waals surface area contributed by atoms with E-state index in [1.165, 1.54) is 4.88 Å². The average molecular weight is 204 g/mol. The van der Waals surface area contributed by atoms with Crippen molar-refractivity contribution in [3.63, 3.8) is 0 Å². The van der Waals surface area contributed by atoms with E-state index in [1.54, 1.807) is 11.3 Å². The Kier molecular flexibility index (Phi) is 2.52. The third-order valence-electron chi connectivity index (χ3n) is 1.78. The molecule has 2 aromatic rings. The molecule has 0 radical (unpaired) electrons. The average Bonchev–Trinajstić information content (AvgIpc) is 2.71. The molecular formula is C11H8S2. The lowest BCUT2D eigenvalue weighted by atomic mass is 10.1. The van der Waals surface area contributed by atoms with Crippen LogP contribution in [-0.2, 0) is 0 Å². The number of rotatable bonds is 2. The zero-order valence-electron chi connectivity index (χ0n) is 6.94. The number of thiophene rings is 1. The van der Waals surface area contributed by atoms with E-state index in [9.17, 15) is 0 Å². The molecule has 0 aliphatic rings. The van der Waals surface area contributed by atoms with Crippen LogP contribution in [0.25, 0.3) is 0 Å². The Morgan fingerprint density at radius 3 is 2.38 bits per heavy atom. The molecule has 0 aliphatic heterocycles. The quantitative estimate of drug-likeness (QED) is 0.533. The molecule has 1 heterocycles. The van der Waals surface area contributed by atoms with Gasteiger partial charge in [-0.2, -0.15) is 0 Å². The Morgan fingerprint density at radius 1 is 1.00 bits per heavy atom. The first kappa shape index (κ1) is 8.60. The molecular weight excluding hydrogens is 196 g/mol. The van der Waals surface area contributed by atoms with E-state index >= 15 is 0 Å². The third-order valence-corrected chi connectivity index (χ3v) is 3.25. The highest BCUT2D eigenvalue weighted by molar-refractivity contribution is 7.81. The minimum Gasteiger partial charge on any atom is -0.143 e. The summed E-state index contributed by atoms with van der Waals surface area (Å²) in [6.07, 6.45) is 0. The molecule has 13 heavy (non-hydrogen) atoms. The van der Waals surface area contributed by atoms with E-state index in [1.807, 2.05) is 41.8 Å². The maximum absolute atomic E-state index is 5.35. The van der Waals surface area contributed by atoms with Gasteiger partial charge in [-0.25, -0.2) is 0 Å². The summed E-state index contributed by atoms with van der Waals surface area (Å²) >= 11 is 7.04. The van der Waals surface area contributed by atoms with Crippen LogP contribution in [-0.4, -0.2) is 4.86 Å². The van der Waals surface area contributed by atoms with Crippen LogP contribution in [0, 0.1) is 0 Å². The number of hydrogen-bond donors (Lipinski definition) is 0. The van der Waals surface area contributed by atoms with E-state index in [4.69, 9.17) is 12.2 Å². The third kappa shape index (κ3) is 1.85. The first-order chi connectivity index (χ1) is 6.38. The van der Waals surface area contributed by atoms with E-state index in [-0.39, 0.29) is 0 Å². The second-order valence-electron chi connectivity index (χ2n) is 2.67. The molecule has 0 unspecified atom stereocenters. The SMILES string of the molecule is S=C(c1ccccc1)c1cccs1. The lowest BCUT2D eigenvalue weighted by molar-refractivity contribution is 1.67. The van der Waals surface area contributed by atoms with Crippen molar-refractivity contribution in [3.8, 4) is 0 Å². The van der Waals surface area contributed by atoms with Crippen LogP contribution >= 0.6 is 23.6 Å². The minimum absolute atomic E-state index is 0.940.